The van der Waals surface area contributed by atoms with E-state index in [1.165, 1.54) is 31.8 Å². The molecule has 0 rings (SSSR count). The summed E-state index contributed by atoms with van der Waals surface area (Å²) in [6, 6.07) is 0. The van der Waals surface area contributed by atoms with Crippen LogP contribution in [0.3, 0.4) is 0 Å². The first-order valence-corrected chi connectivity index (χ1v) is 5.81. The number of rotatable bonds is 8. The zero-order valence-corrected chi connectivity index (χ0v) is 9.89. The van der Waals surface area contributed by atoms with Gasteiger partial charge in [0.2, 0.25) is 0 Å². The third-order valence-electron chi connectivity index (χ3n) is 2.25. The summed E-state index contributed by atoms with van der Waals surface area (Å²) in [6.07, 6.45) is 12.6. The van der Waals surface area contributed by atoms with Gasteiger partial charge < -0.3 is 15.3 Å². The lowest BCUT2D eigenvalue weighted by Gasteiger charge is -1.96. The Morgan fingerprint density at radius 1 is 1.00 bits per heavy atom. The van der Waals surface area contributed by atoms with E-state index in [1.54, 1.807) is 6.08 Å². The van der Waals surface area contributed by atoms with E-state index in [2.05, 4.69) is 6.92 Å². The highest BCUT2D eigenvalue weighted by molar-refractivity contribution is 5.20. The smallest absolute Gasteiger partial charge is 0.192 e. The number of allylic oxidation sites excluding steroid dienone is 3. The molecule has 0 radical (unpaired) electrons. The summed E-state index contributed by atoms with van der Waals surface area (Å²) in [4.78, 5) is 0. The van der Waals surface area contributed by atoms with Crippen molar-refractivity contribution in [3.05, 3.63) is 36.0 Å². The molecule has 16 heavy (non-hydrogen) atoms. The summed E-state index contributed by atoms with van der Waals surface area (Å²) in [6.45, 7) is 2.19. The Morgan fingerprint density at radius 3 is 2.31 bits per heavy atom. The van der Waals surface area contributed by atoms with Crippen LogP contribution in [0.4, 0.5) is 0 Å². The number of aliphatic hydroxyl groups excluding tert-OH is 3. The lowest BCUT2D eigenvalue weighted by atomic mass is 10.1. The van der Waals surface area contributed by atoms with Crippen LogP contribution in [0.1, 0.15) is 45.4 Å². The molecule has 0 amide bonds. The fourth-order valence-corrected chi connectivity index (χ4v) is 1.27. The van der Waals surface area contributed by atoms with Crippen LogP contribution in [0, 0.1) is 0 Å². The zero-order chi connectivity index (χ0) is 12.2. The molecule has 0 unspecified atom stereocenters. The number of hydrogen-bond acceptors (Lipinski definition) is 3. The van der Waals surface area contributed by atoms with Crippen LogP contribution < -0.4 is 0 Å². The molecular weight excluding hydrogens is 204 g/mol. The molecule has 0 aromatic rings. The van der Waals surface area contributed by atoms with Gasteiger partial charge in [0.15, 0.2) is 11.5 Å². The zero-order valence-electron chi connectivity index (χ0n) is 9.89. The van der Waals surface area contributed by atoms with Crippen LogP contribution in [-0.2, 0) is 0 Å². The fourth-order valence-electron chi connectivity index (χ4n) is 1.27. The molecular formula is C13H22O3. The van der Waals surface area contributed by atoms with Crippen LogP contribution in [0.2, 0.25) is 0 Å². The second kappa shape index (κ2) is 10.1. The maximum absolute atomic E-state index is 9.12. The molecule has 0 bridgehead atoms. The van der Waals surface area contributed by atoms with Gasteiger partial charge >= 0.3 is 0 Å². The Balaban J connectivity index is 3.62. The first-order valence-electron chi connectivity index (χ1n) is 5.81. The fraction of sp³-hybridized carbons (Fsp3) is 0.538. The minimum Gasteiger partial charge on any atom is -0.512 e. The standard InChI is InChI=1S/C13H22O3/c1-2-3-4-5-6-7-8-9-10-12(15)13(16)11-14/h8-11,14-16H,2-7H2,1H3. The van der Waals surface area contributed by atoms with Crippen molar-refractivity contribution in [3.63, 3.8) is 0 Å². The van der Waals surface area contributed by atoms with E-state index in [4.69, 9.17) is 15.3 Å². The van der Waals surface area contributed by atoms with Gasteiger partial charge in [0, 0.05) is 0 Å². The summed E-state index contributed by atoms with van der Waals surface area (Å²) in [7, 11) is 0. The van der Waals surface area contributed by atoms with Crippen molar-refractivity contribution in [2.24, 2.45) is 0 Å². The maximum Gasteiger partial charge on any atom is 0.192 e. The van der Waals surface area contributed by atoms with E-state index in [0.717, 1.165) is 12.8 Å². The molecule has 0 aliphatic carbocycles. The summed E-state index contributed by atoms with van der Waals surface area (Å²) < 4.78 is 0. The van der Waals surface area contributed by atoms with Gasteiger partial charge in [-0.25, -0.2) is 0 Å². The van der Waals surface area contributed by atoms with E-state index >= 15 is 0 Å². The lowest BCUT2D eigenvalue weighted by molar-refractivity contribution is 0.304. The number of hydrogen-bond donors (Lipinski definition) is 3. The van der Waals surface area contributed by atoms with Crippen molar-refractivity contribution in [3.8, 4) is 0 Å². The van der Waals surface area contributed by atoms with Crippen molar-refractivity contribution >= 4 is 0 Å². The molecule has 0 saturated carbocycles. The molecule has 0 aliphatic rings. The van der Waals surface area contributed by atoms with Crippen molar-refractivity contribution in [1.29, 1.82) is 0 Å². The van der Waals surface area contributed by atoms with Gasteiger partial charge in [-0.1, -0.05) is 44.8 Å². The Morgan fingerprint density at radius 2 is 1.69 bits per heavy atom. The van der Waals surface area contributed by atoms with E-state index in [9.17, 15) is 0 Å². The minimum absolute atomic E-state index is 0.329. The van der Waals surface area contributed by atoms with Crippen molar-refractivity contribution in [2.75, 3.05) is 0 Å². The Labute approximate surface area is 97.4 Å². The van der Waals surface area contributed by atoms with Crippen LogP contribution in [0.5, 0.6) is 0 Å². The third kappa shape index (κ3) is 7.97. The lowest BCUT2D eigenvalue weighted by Crippen LogP contribution is -1.85. The van der Waals surface area contributed by atoms with Crippen LogP contribution in [0.15, 0.2) is 36.0 Å². The highest BCUT2D eigenvalue weighted by Crippen LogP contribution is 2.06. The number of aliphatic hydroxyl groups is 3. The molecule has 0 aromatic heterocycles. The molecule has 3 nitrogen and oxygen atoms in total. The van der Waals surface area contributed by atoms with E-state index in [-0.39, 0.29) is 5.76 Å². The van der Waals surface area contributed by atoms with Gasteiger partial charge in [-0.2, -0.15) is 0 Å². The molecule has 3 heteroatoms. The van der Waals surface area contributed by atoms with E-state index in [1.807, 2.05) is 6.08 Å². The van der Waals surface area contributed by atoms with E-state index < -0.39 is 5.76 Å². The average molecular weight is 226 g/mol. The predicted octanol–water partition coefficient (Wildman–Crippen LogP) is 4.30. The minimum atomic E-state index is -0.521. The molecule has 3 N–H and O–H groups in total. The quantitative estimate of drug-likeness (QED) is 0.328. The average Bonchev–Trinajstić information content (AvgIpc) is 2.31. The molecule has 0 fully saturated rings. The van der Waals surface area contributed by atoms with Crippen LogP contribution in [-0.4, -0.2) is 15.3 Å². The largest absolute Gasteiger partial charge is 0.512 e. The van der Waals surface area contributed by atoms with Crippen molar-refractivity contribution in [1.82, 2.24) is 0 Å². The summed E-state index contributed by atoms with van der Waals surface area (Å²) >= 11 is 0. The summed E-state index contributed by atoms with van der Waals surface area (Å²) in [5, 5.41) is 26.4. The van der Waals surface area contributed by atoms with Crippen LogP contribution >= 0.6 is 0 Å². The molecule has 92 valence electrons. The molecule has 0 aromatic carbocycles. The van der Waals surface area contributed by atoms with E-state index in [0.29, 0.717) is 6.26 Å². The topological polar surface area (TPSA) is 60.7 Å². The molecule has 0 heterocycles. The second-order valence-electron chi connectivity index (χ2n) is 3.70. The number of unbranched alkanes of at least 4 members (excludes halogenated alkanes) is 5. The first-order chi connectivity index (χ1) is 7.72. The van der Waals surface area contributed by atoms with Gasteiger partial charge in [-0.3, -0.25) is 0 Å². The highest BCUT2D eigenvalue weighted by Gasteiger charge is 1.95. The molecule has 0 atom stereocenters. The third-order valence-corrected chi connectivity index (χ3v) is 2.25. The SMILES string of the molecule is CCCCCCCC=CC=C(O)C(O)=CO. The van der Waals surface area contributed by atoms with Gasteiger partial charge in [0.05, 0.1) is 0 Å². The molecule has 0 spiro atoms. The van der Waals surface area contributed by atoms with Gasteiger partial charge in [0.1, 0.15) is 6.26 Å². The predicted molar refractivity (Wildman–Crippen MR) is 66.6 cm³/mol. The summed E-state index contributed by atoms with van der Waals surface area (Å²) in [5.41, 5.74) is 0. The second-order valence-corrected chi connectivity index (χ2v) is 3.70. The Kier molecular flexibility index (Phi) is 9.27. The van der Waals surface area contributed by atoms with Crippen molar-refractivity contribution in [2.45, 2.75) is 45.4 Å². The van der Waals surface area contributed by atoms with Crippen LogP contribution in [0.25, 0.3) is 0 Å². The van der Waals surface area contributed by atoms with Gasteiger partial charge in [0.25, 0.3) is 0 Å². The summed E-state index contributed by atoms with van der Waals surface area (Å²) in [5.74, 6) is -0.850. The maximum atomic E-state index is 9.12. The van der Waals surface area contributed by atoms with Crippen molar-refractivity contribution < 1.29 is 15.3 Å². The monoisotopic (exact) mass is 226 g/mol. The Hall–Kier alpha value is -1.38. The molecule has 0 aliphatic heterocycles. The Bertz CT molecular complexity index is 252. The highest BCUT2D eigenvalue weighted by atomic mass is 16.3. The first kappa shape index (κ1) is 14.6. The van der Waals surface area contributed by atoms with Gasteiger partial charge in [-0.05, 0) is 18.9 Å². The van der Waals surface area contributed by atoms with Gasteiger partial charge in [-0.15, -0.1) is 0 Å². The molecule has 0 saturated heterocycles. The normalized spacial score (nSPS) is 13.6.